The van der Waals surface area contributed by atoms with E-state index in [1.807, 2.05) is 32.9 Å². The summed E-state index contributed by atoms with van der Waals surface area (Å²) in [5.41, 5.74) is 2.56. The number of pyridine rings is 1. The fourth-order valence-corrected chi connectivity index (χ4v) is 1.99. The van der Waals surface area contributed by atoms with Gasteiger partial charge in [-0.15, -0.1) is 0 Å². The van der Waals surface area contributed by atoms with Crippen LogP contribution in [0.5, 0.6) is 5.75 Å². The van der Waals surface area contributed by atoms with Crippen LogP contribution in [0, 0.1) is 6.92 Å². The van der Waals surface area contributed by atoms with Gasteiger partial charge in [0.2, 0.25) is 0 Å². The second-order valence-corrected chi connectivity index (χ2v) is 4.93. The van der Waals surface area contributed by atoms with Crippen molar-refractivity contribution in [3.8, 4) is 16.9 Å². The van der Waals surface area contributed by atoms with E-state index in [1.165, 1.54) is 0 Å². The van der Waals surface area contributed by atoms with Crippen molar-refractivity contribution in [1.82, 2.24) is 4.98 Å². The van der Waals surface area contributed by atoms with Crippen LogP contribution in [0.1, 0.15) is 29.8 Å². The maximum absolute atomic E-state index is 11.4. The molecule has 0 atom stereocenters. The van der Waals surface area contributed by atoms with Crippen molar-refractivity contribution in [1.29, 1.82) is 0 Å². The molecule has 0 fully saturated rings. The van der Waals surface area contributed by atoms with Crippen LogP contribution in [0.2, 0.25) is 0 Å². The monoisotopic (exact) mass is 271 g/mol. The Kier molecular flexibility index (Phi) is 4.03. The molecule has 1 N–H and O–H groups in total. The Morgan fingerprint density at radius 1 is 1.25 bits per heavy atom. The van der Waals surface area contributed by atoms with Gasteiger partial charge in [-0.2, -0.15) is 0 Å². The molecule has 4 nitrogen and oxygen atoms in total. The summed E-state index contributed by atoms with van der Waals surface area (Å²) < 4.78 is 5.59. The van der Waals surface area contributed by atoms with Gasteiger partial charge >= 0.3 is 5.97 Å². The van der Waals surface area contributed by atoms with Gasteiger partial charge in [0.1, 0.15) is 5.75 Å². The Bertz CT molecular complexity index is 635. The molecule has 0 aliphatic rings. The van der Waals surface area contributed by atoms with E-state index in [4.69, 9.17) is 4.74 Å². The second-order valence-electron chi connectivity index (χ2n) is 4.93. The largest absolute Gasteiger partial charge is 0.489 e. The topological polar surface area (TPSA) is 59.4 Å². The Morgan fingerprint density at radius 2 is 2.00 bits per heavy atom. The third-order valence-corrected chi connectivity index (χ3v) is 2.80. The van der Waals surface area contributed by atoms with Gasteiger partial charge in [0.15, 0.2) is 0 Å². The molecule has 0 amide bonds. The van der Waals surface area contributed by atoms with Crippen LogP contribution in [-0.4, -0.2) is 22.2 Å². The summed E-state index contributed by atoms with van der Waals surface area (Å²) in [6, 6.07) is 7.16. The summed E-state index contributed by atoms with van der Waals surface area (Å²) in [7, 11) is 0. The van der Waals surface area contributed by atoms with E-state index >= 15 is 0 Å². The fourth-order valence-electron chi connectivity index (χ4n) is 1.99. The zero-order valence-electron chi connectivity index (χ0n) is 11.8. The van der Waals surface area contributed by atoms with E-state index in [0.29, 0.717) is 11.3 Å². The number of ether oxygens (including phenoxy) is 1. The van der Waals surface area contributed by atoms with E-state index in [2.05, 4.69) is 4.98 Å². The number of carboxylic acids is 1. The molecule has 1 heterocycles. The first kappa shape index (κ1) is 14.1. The lowest BCUT2D eigenvalue weighted by atomic mass is 9.99. The van der Waals surface area contributed by atoms with Crippen molar-refractivity contribution in [2.75, 3.05) is 0 Å². The van der Waals surface area contributed by atoms with Crippen molar-refractivity contribution in [3.63, 3.8) is 0 Å². The maximum atomic E-state index is 11.4. The molecule has 0 spiro atoms. The van der Waals surface area contributed by atoms with E-state index < -0.39 is 5.97 Å². The molecule has 4 heteroatoms. The molecule has 0 aliphatic heterocycles. The molecule has 1 aromatic heterocycles. The highest BCUT2D eigenvalue weighted by Gasteiger charge is 2.13. The maximum Gasteiger partial charge on any atom is 0.336 e. The van der Waals surface area contributed by atoms with Crippen molar-refractivity contribution in [2.24, 2.45) is 0 Å². The predicted molar refractivity (Wildman–Crippen MR) is 77.1 cm³/mol. The lowest BCUT2D eigenvalue weighted by Gasteiger charge is -2.12. The van der Waals surface area contributed by atoms with Gasteiger partial charge < -0.3 is 9.84 Å². The van der Waals surface area contributed by atoms with E-state index in [0.717, 1.165) is 11.1 Å². The number of carboxylic acid groups (broad SMARTS) is 1. The quantitative estimate of drug-likeness (QED) is 0.924. The fraction of sp³-hybridized carbons (Fsp3) is 0.250. The van der Waals surface area contributed by atoms with Crippen molar-refractivity contribution < 1.29 is 14.6 Å². The summed E-state index contributed by atoms with van der Waals surface area (Å²) in [6.45, 7) is 5.73. The highest BCUT2D eigenvalue weighted by atomic mass is 16.5. The van der Waals surface area contributed by atoms with Gasteiger partial charge in [-0.1, -0.05) is 17.7 Å². The van der Waals surface area contributed by atoms with Crippen LogP contribution in [0.3, 0.4) is 0 Å². The number of carbonyl (C=O) groups is 1. The SMILES string of the molecule is Cc1ccc(-c2cncc(OC(C)C)c2)c(C(=O)O)c1. The number of benzene rings is 1. The third kappa shape index (κ3) is 3.15. The van der Waals surface area contributed by atoms with Gasteiger partial charge in [-0.3, -0.25) is 4.98 Å². The number of aromatic nitrogens is 1. The van der Waals surface area contributed by atoms with Crippen LogP contribution in [0.25, 0.3) is 11.1 Å². The minimum absolute atomic E-state index is 0.0454. The first-order chi connectivity index (χ1) is 9.47. The molecule has 0 bridgehead atoms. The van der Waals surface area contributed by atoms with Gasteiger partial charge in [0, 0.05) is 11.8 Å². The van der Waals surface area contributed by atoms with Crippen LogP contribution >= 0.6 is 0 Å². The average Bonchev–Trinajstić information content (AvgIpc) is 2.38. The molecule has 20 heavy (non-hydrogen) atoms. The van der Waals surface area contributed by atoms with Gasteiger partial charge in [0.25, 0.3) is 0 Å². The molecule has 0 radical (unpaired) electrons. The van der Waals surface area contributed by atoms with Crippen molar-refractivity contribution in [2.45, 2.75) is 26.9 Å². The molecule has 0 saturated heterocycles. The number of hydrogen-bond acceptors (Lipinski definition) is 3. The highest BCUT2D eigenvalue weighted by molar-refractivity contribution is 5.96. The highest BCUT2D eigenvalue weighted by Crippen LogP contribution is 2.27. The first-order valence-electron chi connectivity index (χ1n) is 6.43. The summed E-state index contributed by atoms with van der Waals surface area (Å²) in [5, 5.41) is 9.31. The Morgan fingerprint density at radius 3 is 2.65 bits per heavy atom. The van der Waals surface area contributed by atoms with Crippen molar-refractivity contribution >= 4 is 5.97 Å². The van der Waals surface area contributed by atoms with E-state index in [9.17, 15) is 9.90 Å². The Labute approximate surface area is 118 Å². The number of hydrogen-bond donors (Lipinski definition) is 1. The standard InChI is InChI=1S/C16H17NO3/c1-10(2)20-13-7-12(8-17-9-13)14-5-4-11(3)6-15(14)16(18)19/h4-10H,1-3H3,(H,18,19). The van der Waals surface area contributed by atoms with Crippen LogP contribution in [0.15, 0.2) is 36.7 Å². The normalized spacial score (nSPS) is 10.6. The summed E-state index contributed by atoms with van der Waals surface area (Å²) in [6.07, 6.45) is 3.31. The zero-order valence-corrected chi connectivity index (χ0v) is 11.8. The molecular formula is C16H17NO3. The van der Waals surface area contributed by atoms with Crippen molar-refractivity contribution in [3.05, 3.63) is 47.8 Å². The van der Waals surface area contributed by atoms with Gasteiger partial charge in [-0.05, 0) is 38.5 Å². The minimum atomic E-state index is -0.945. The lowest BCUT2D eigenvalue weighted by Crippen LogP contribution is -2.06. The zero-order chi connectivity index (χ0) is 14.7. The van der Waals surface area contributed by atoms with Crippen LogP contribution in [0.4, 0.5) is 0 Å². The first-order valence-corrected chi connectivity index (χ1v) is 6.43. The summed E-state index contributed by atoms with van der Waals surface area (Å²) >= 11 is 0. The number of rotatable bonds is 4. The summed E-state index contributed by atoms with van der Waals surface area (Å²) in [5.74, 6) is -0.312. The minimum Gasteiger partial charge on any atom is -0.489 e. The molecule has 0 saturated carbocycles. The molecule has 2 rings (SSSR count). The predicted octanol–water partition coefficient (Wildman–Crippen LogP) is 3.54. The molecular weight excluding hydrogens is 254 g/mol. The lowest BCUT2D eigenvalue weighted by molar-refractivity contribution is 0.0697. The molecule has 0 aliphatic carbocycles. The number of aryl methyl sites for hydroxylation is 1. The summed E-state index contributed by atoms with van der Waals surface area (Å²) in [4.78, 5) is 15.5. The van der Waals surface area contributed by atoms with Crippen LogP contribution in [-0.2, 0) is 0 Å². The smallest absolute Gasteiger partial charge is 0.336 e. The molecule has 0 unspecified atom stereocenters. The third-order valence-electron chi connectivity index (χ3n) is 2.80. The average molecular weight is 271 g/mol. The van der Waals surface area contributed by atoms with Gasteiger partial charge in [0.05, 0.1) is 17.9 Å². The van der Waals surface area contributed by atoms with E-state index in [-0.39, 0.29) is 11.7 Å². The number of aromatic carboxylic acids is 1. The second kappa shape index (κ2) is 5.74. The number of nitrogens with zero attached hydrogens (tertiary/aromatic N) is 1. The molecule has 1 aromatic carbocycles. The Balaban J connectivity index is 2.48. The van der Waals surface area contributed by atoms with E-state index in [1.54, 1.807) is 24.5 Å². The molecule has 2 aromatic rings. The molecule has 104 valence electrons. The van der Waals surface area contributed by atoms with Crippen LogP contribution < -0.4 is 4.74 Å². The van der Waals surface area contributed by atoms with Gasteiger partial charge in [-0.25, -0.2) is 4.79 Å². The Hall–Kier alpha value is -2.36.